The Morgan fingerprint density at radius 2 is 1.94 bits per heavy atom. The molecule has 1 N–H and O–H groups in total. The fourth-order valence-corrected chi connectivity index (χ4v) is 2.96. The molecule has 0 bridgehead atoms. The molecule has 0 fully saturated rings. The summed E-state index contributed by atoms with van der Waals surface area (Å²) in [5.41, 5.74) is 0.537. The van der Waals surface area contributed by atoms with Crippen molar-refractivity contribution in [3.05, 3.63) is 49.8 Å². The zero-order chi connectivity index (χ0) is 12.6. The molecule has 3 nitrogen and oxygen atoms in total. The second kappa shape index (κ2) is 4.70. The molecule has 0 radical (unpaired) electrons. The van der Waals surface area contributed by atoms with Gasteiger partial charge in [-0.15, -0.1) is 0 Å². The third-order valence-corrected chi connectivity index (χ3v) is 4.06. The van der Waals surface area contributed by atoms with E-state index in [4.69, 9.17) is 0 Å². The maximum atomic E-state index is 10.7. The van der Waals surface area contributed by atoms with Gasteiger partial charge in [0.15, 0.2) is 0 Å². The summed E-state index contributed by atoms with van der Waals surface area (Å²) >= 11 is 5.66. The van der Waals surface area contributed by atoms with Gasteiger partial charge in [-0.05, 0) is 63.1 Å². The van der Waals surface area contributed by atoms with Gasteiger partial charge in [0.1, 0.15) is 5.60 Å². The first-order valence-corrected chi connectivity index (χ1v) is 6.96. The molecule has 1 atom stereocenters. The van der Waals surface area contributed by atoms with Gasteiger partial charge in [-0.25, -0.2) is 0 Å². The van der Waals surface area contributed by atoms with Crippen molar-refractivity contribution >= 4 is 38.5 Å². The van der Waals surface area contributed by atoms with Crippen molar-refractivity contribution in [2.24, 2.45) is 7.05 Å². The van der Waals surface area contributed by atoms with Gasteiger partial charge in [0.05, 0.1) is 16.4 Å². The molecule has 5 heteroatoms. The molecule has 1 aromatic heterocycles. The minimum atomic E-state index is -1.06. The molecule has 2 rings (SSSR count). The van der Waals surface area contributed by atoms with Gasteiger partial charge in [0.25, 0.3) is 0 Å². The molecular weight excluding hydrogens is 395 g/mol. The smallest absolute Gasteiger partial charge is 0.129 e. The summed E-state index contributed by atoms with van der Waals surface area (Å²) in [4.78, 5) is 0. The predicted molar refractivity (Wildman–Crippen MR) is 78.7 cm³/mol. The van der Waals surface area contributed by atoms with Crippen molar-refractivity contribution < 1.29 is 5.11 Å². The zero-order valence-corrected chi connectivity index (χ0v) is 13.2. The molecule has 1 aromatic carbocycles. The van der Waals surface area contributed by atoms with E-state index < -0.39 is 5.60 Å². The summed E-state index contributed by atoms with van der Waals surface area (Å²) in [5, 5.41) is 14.8. The van der Waals surface area contributed by atoms with Crippen LogP contribution in [0.15, 0.2) is 34.9 Å². The lowest BCUT2D eigenvalue weighted by molar-refractivity contribution is 0.0921. The molecule has 2 aromatic rings. The first kappa shape index (κ1) is 13.0. The van der Waals surface area contributed by atoms with Crippen LogP contribution in [0.1, 0.15) is 18.2 Å². The molecule has 0 saturated carbocycles. The highest BCUT2D eigenvalue weighted by atomic mass is 127. The van der Waals surface area contributed by atoms with Gasteiger partial charge in [-0.2, -0.15) is 5.10 Å². The molecule has 1 heterocycles. The third kappa shape index (κ3) is 2.41. The van der Waals surface area contributed by atoms with E-state index in [0.717, 1.165) is 19.3 Å². The van der Waals surface area contributed by atoms with Crippen molar-refractivity contribution in [3.8, 4) is 0 Å². The van der Waals surface area contributed by atoms with Gasteiger partial charge < -0.3 is 5.11 Å². The fraction of sp³-hybridized carbons (Fsp3) is 0.250. The summed E-state index contributed by atoms with van der Waals surface area (Å²) in [6.07, 6.45) is 1.69. The third-order valence-electron chi connectivity index (χ3n) is 2.76. The number of halogens is 2. The van der Waals surface area contributed by atoms with Crippen LogP contribution in [-0.2, 0) is 12.6 Å². The number of aryl methyl sites for hydroxylation is 1. The topological polar surface area (TPSA) is 38.0 Å². The molecular formula is C12H12BrIN2O. The number of nitrogens with zero attached hydrogens (tertiary/aromatic N) is 2. The van der Waals surface area contributed by atoms with Crippen molar-refractivity contribution in [1.82, 2.24) is 9.78 Å². The summed E-state index contributed by atoms with van der Waals surface area (Å²) < 4.78 is 3.64. The van der Waals surface area contributed by atoms with Gasteiger partial charge in [0.2, 0.25) is 0 Å². The molecule has 0 saturated heterocycles. The lowest BCUT2D eigenvalue weighted by Crippen LogP contribution is -2.26. The molecule has 0 amide bonds. The van der Waals surface area contributed by atoms with E-state index in [1.54, 1.807) is 17.8 Å². The Labute approximate surface area is 122 Å². The Kier molecular flexibility index (Phi) is 3.61. The summed E-state index contributed by atoms with van der Waals surface area (Å²) in [7, 11) is 1.82. The quantitative estimate of drug-likeness (QED) is 0.778. The highest BCUT2D eigenvalue weighted by Crippen LogP contribution is 2.33. The Morgan fingerprint density at radius 1 is 1.35 bits per heavy atom. The Morgan fingerprint density at radius 3 is 2.41 bits per heavy atom. The Balaban J connectivity index is 2.53. The second-order valence-corrected chi connectivity index (χ2v) is 6.14. The summed E-state index contributed by atoms with van der Waals surface area (Å²) in [5.74, 6) is 0. The summed E-state index contributed by atoms with van der Waals surface area (Å²) in [6.45, 7) is 1.77. The minimum absolute atomic E-state index is 0.749. The lowest BCUT2D eigenvalue weighted by atomic mass is 9.92. The Bertz CT molecular complexity index is 514. The first-order valence-electron chi connectivity index (χ1n) is 5.09. The highest BCUT2D eigenvalue weighted by molar-refractivity contribution is 14.1. The van der Waals surface area contributed by atoms with E-state index in [-0.39, 0.29) is 0 Å². The standard InChI is InChI=1S/C12H12BrIN2O/c1-12(17,8-3-5-9(14)6-4-8)11-10(13)7-15-16(11)2/h3-7,17H,1-2H3. The largest absolute Gasteiger partial charge is 0.379 e. The van der Waals surface area contributed by atoms with Crippen LogP contribution in [0.5, 0.6) is 0 Å². The van der Waals surface area contributed by atoms with Crippen molar-refractivity contribution in [2.45, 2.75) is 12.5 Å². The van der Waals surface area contributed by atoms with Gasteiger partial charge in [0, 0.05) is 10.6 Å². The highest BCUT2D eigenvalue weighted by Gasteiger charge is 2.31. The number of hydrogen-bond donors (Lipinski definition) is 1. The molecule has 0 aliphatic heterocycles. The van der Waals surface area contributed by atoms with Gasteiger partial charge >= 0.3 is 0 Å². The molecule has 0 spiro atoms. The molecule has 1 unspecified atom stereocenters. The monoisotopic (exact) mass is 406 g/mol. The average Bonchev–Trinajstić information content (AvgIpc) is 2.59. The van der Waals surface area contributed by atoms with Crippen LogP contribution in [0.25, 0.3) is 0 Å². The normalized spacial score (nSPS) is 14.6. The van der Waals surface area contributed by atoms with Crippen molar-refractivity contribution in [3.63, 3.8) is 0 Å². The van der Waals surface area contributed by atoms with Gasteiger partial charge in [-0.3, -0.25) is 4.68 Å². The number of aliphatic hydroxyl groups is 1. The van der Waals surface area contributed by atoms with Crippen LogP contribution in [-0.4, -0.2) is 14.9 Å². The van der Waals surface area contributed by atoms with Crippen LogP contribution in [0.2, 0.25) is 0 Å². The second-order valence-electron chi connectivity index (χ2n) is 4.04. The van der Waals surface area contributed by atoms with Crippen LogP contribution in [0.4, 0.5) is 0 Å². The van der Waals surface area contributed by atoms with Crippen LogP contribution in [0, 0.1) is 3.57 Å². The SMILES string of the molecule is Cn1ncc(Br)c1C(C)(O)c1ccc(I)cc1. The number of aromatic nitrogens is 2. The average molecular weight is 407 g/mol. The van der Waals surface area contributed by atoms with E-state index in [2.05, 4.69) is 43.6 Å². The fourth-order valence-electron chi connectivity index (χ4n) is 1.87. The molecule has 90 valence electrons. The van der Waals surface area contributed by atoms with E-state index in [1.807, 2.05) is 31.3 Å². The van der Waals surface area contributed by atoms with E-state index in [1.165, 1.54) is 0 Å². The molecule has 0 aliphatic rings. The maximum absolute atomic E-state index is 10.7. The Hall–Kier alpha value is -0.400. The van der Waals surface area contributed by atoms with Crippen molar-refractivity contribution in [2.75, 3.05) is 0 Å². The zero-order valence-electron chi connectivity index (χ0n) is 9.48. The van der Waals surface area contributed by atoms with Crippen LogP contribution < -0.4 is 0 Å². The van der Waals surface area contributed by atoms with E-state index in [9.17, 15) is 5.11 Å². The van der Waals surface area contributed by atoms with Crippen LogP contribution in [0.3, 0.4) is 0 Å². The van der Waals surface area contributed by atoms with E-state index >= 15 is 0 Å². The number of benzene rings is 1. The summed E-state index contributed by atoms with van der Waals surface area (Å²) in [6, 6.07) is 7.83. The van der Waals surface area contributed by atoms with Gasteiger partial charge in [-0.1, -0.05) is 12.1 Å². The minimum Gasteiger partial charge on any atom is -0.379 e. The number of hydrogen-bond acceptors (Lipinski definition) is 2. The lowest BCUT2D eigenvalue weighted by Gasteiger charge is -2.24. The van der Waals surface area contributed by atoms with E-state index in [0.29, 0.717) is 0 Å². The maximum Gasteiger partial charge on any atom is 0.129 e. The first-order chi connectivity index (χ1) is 7.93. The predicted octanol–water partition coefficient (Wildman–Crippen LogP) is 3.04. The van der Waals surface area contributed by atoms with Crippen LogP contribution >= 0.6 is 38.5 Å². The van der Waals surface area contributed by atoms with Crippen molar-refractivity contribution in [1.29, 1.82) is 0 Å². The number of rotatable bonds is 2. The molecule has 0 aliphatic carbocycles. The molecule has 17 heavy (non-hydrogen) atoms.